The summed E-state index contributed by atoms with van der Waals surface area (Å²) < 4.78 is 44.9. The fourth-order valence-electron chi connectivity index (χ4n) is 6.74. The monoisotopic (exact) mass is 559 g/mol. The topological polar surface area (TPSA) is 79.3 Å². The van der Waals surface area contributed by atoms with Crippen LogP contribution >= 0.6 is 0 Å². The second kappa shape index (κ2) is 9.61. The van der Waals surface area contributed by atoms with Gasteiger partial charge in [-0.15, -0.1) is 13.2 Å². The summed E-state index contributed by atoms with van der Waals surface area (Å²) >= 11 is 0. The Kier molecular flexibility index (Phi) is 5.99. The van der Waals surface area contributed by atoms with Crippen LogP contribution in [-0.4, -0.2) is 33.5 Å². The summed E-state index contributed by atoms with van der Waals surface area (Å²) in [6.07, 6.45) is 1.01. The molecule has 1 aliphatic carbocycles. The molecule has 9 heteroatoms. The molecule has 0 saturated heterocycles. The number of aromatic amines is 1. The van der Waals surface area contributed by atoms with E-state index in [1.165, 1.54) is 37.0 Å². The molecule has 7 rings (SSSR count). The number of rotatable bonds is 4. The second-order valence-electron chi connectivity index (χ2n) is 10.9. The van der Waals surface area contributed by atoms with Crippen LogP contribution in [0.5, 0.6) is 5.75 Å². The first-order valence-electron chi connectivity index (χ1n) is 13.9. The number of alkyl halides is 3. The average Bonchev–Trinajstić information content (AvgIpc) is 3.46. The first kappa shape index (κ1) is 25.6. The predicted octanol–water partition coefficient (Wildman–Crippen LogP) is 8.53. The van der Waals surface area contributed by atoms with Crippen molar-refractivity contribution in [3.63, 3.8) is 0 Å². The van der Waals surface area contributed by atoms with Crippen LogP contribution < -0.4 is 10.1 Å². The summed E-state index contributed by atoms with van der Waals surface area (Å²) in [6.45, 7) is 1.31. The van der Waals surface area contributed by atoms with Crippen molar-refractivity contribution >= 4 is 33.5 Å². The van der Waals surface area contributed by atoms with Crippen molar-refractivity contribution in [2.45, 2.75) is 50.9 Å². The van der Waals surface area contributed by atoms with Crippen LogP contribution in [0.2, 0.25) is 0 Å². The van der Waals surface area contributed by atoms with Crippen molar-refractivity contribution in [2.75, 3.05) is 11.9 Å². The minimum absolute atomic E-state index is 0.270. The number of halogens is 3. The van der Waals surface area contributed by atoms with Crippen molar-refractivity contribution in [2.24, 2.45) is 0 Å². The fraction of sp³-hybridized carbons (Fsp3) is 0.281. The highest BCUT2D eigenvalue weighted by atomic mass is 19.4. The highest BCUT2D eigenvalue weighted by molar-refractivity contribution is 6.06. The molecule has 0 unspecified atom stereocenters. The summed E-state index contributed by atoms with van der Waals surface area (Å²) in [7, 11) is 0. The van der Waals surface area contributed by atoms with Crippen LogP contribution in [0, 0.1) is 0 Å². The van der Waals surface area contributed by atoms with Gasteiger partial charge in [-0.2, -0.15) is 0 Å². The van der Waals surface area contributed by atoms with Gasteiger partial charge in [0, 0.05) is 51.7 Å². The number of carboxylic acid groups (broad SMARTS) is 1. The molecule has 3 N–H and O–H groups in total. The first-order chi connectivity index (χ1) is 19.8. The number of benzene rings is 3. The zero-order chi connectivity index (χ0) is 28.3. The van der Waals surface area contributed by atoms with E-state index >= 15 is 0 Å². The summed E-state index contributed by atoms with van der Waals surface area (Å²) in [4.78, 5) is 15.2. The van der Waals surface area contributed by atoms with E-state index in [-0.39, 0.29) is 11.3 Å². The van der Waals surface area contributed by atoms with E-state index in [1.54, 1.807) is 24.3 Å². The molecule has 5 aromatic rings. The molecule has 0 bridgehead atoms. The lowest BCUT2D eigenvalue weighted by Gasteiger charge is -2.24. The average molecular weight is 560 g/mol. The Morgan fingerprint density at radius 1 is 0.976 bits per heavy atom. The van der Waals surface area contributed by atoms with E-state index < -0.39 is 12.3 Å². The largest absolute Gasteiger partial charge is 0.573 e. The number of nitrogens with zero attached hydrogens (tertiary/aromatic N) is 1. The zero-order valence-corrected chi connectivity index (χ0v) is 22.1. The quantitative estimate of drug-likeness (QED) is 0.206. The molecule has 210 valence electrons. The van der Waals surface area contributed by atoms with Gasteiger partial charge < -0.3 is 24.7 Å². The van der Waals surface area contributed by atoms with Crippen molar-refractivity contribution in [3.8, 4) is 28.3 Å². The highest BCUT2D eigenvalue weighted by Gasteiger charge is 2.32. The number of hydrogen-bond acceptors (Lipinski definition) is 3. The molecule has 0 atom stereocenters. The van der Waals surface area contributed by atoms with E-state index in [1.807, 2.05) is 18.2 Å². The smallest absolute Gasteiger partial charge is 0.478 e. The minimum Gasteiger partial charge on any atom is -0.478 e. The number of anilines is 1. The number of H-pyrrole nitrogens is 1. The maximum atomic E-state index is 12.8. The molecule has 2 aromatic heterocycles. The Hall–Kier alpha value is -4.40. The molecule has 3 heterocycles. The molecule has 1 aliphatic heterocycles. The predicted molar refractivity (Wildman–Crippen MR) is 153 cm³/mol. The Labute approximate surface area is 233 Å². The summed E-state index contributed by atoms with van der Waals surface area (Å²) in [5, 5.41) is 15.4. The number of carboxylic acids is 1. The second-order valence-corrected chi connectivity index (χ2v) is 10.9. The Morgan fingerprint density at radius 3 is 2.59 bits per heavy atom. The molecule has 0 amide bonds. The number of aromatic nitrogens is 2. The third kappa shape index (κ3) is 4.49. The van der Waals surface area contributed by atoms with Gasteiger partial charge >= 0.3 is 12.3 Å². The normalized spacial score (nSPS) is 15.8. The van der Waals surface area contributed by atoms with Gasteiger partial charge in [0.1, 0.15) is 5.75 Å². The molecule has 0 spiro atoms. The number of aromatic carboxylic acids is 1. The van der Waals surface area contributed by atoms with Crippen LogP contribution in [-0.2, 0) is 6.54 Å². The van der Waals surface area contributed by atoms with Gasteiger partial charge in [-0.1, -0.05) is 37.5 Å². The van der Waals surface area contributed by atoms with Gasteiger partial charge in [-0.05, 0) is 66.8 Å². The Bertz CT molecular complexity index is 1810. The van der Waals surface area contributed by atoms with Crippen LogP contribution in [0.25, 0.3) is 44.3 Å². The molecule has 2 aliphatic rings. The lowest BCUT2D eigenvalue weighted by molar-refractivity contribution is -0.274. The van der Waals surface area contributed by atoms with Crippen LogP contribution in [0.1, 0.15) is 53.9 Å². The Morgan fingerprint density at radius 2 is 1.80 bits per heavy atom. The molecule has 1 fully saturated rings. The maximum absolute atomic E-state index is 12.8. The standard InChI is InChI=1S/C32H28F3N3O3/c33-32(34,35)41-21-8-4-7-19(15-21)26-17-24-25(37-26)12-11-23-29(24)36-13-14-38-27-16-20(31(39)40)9-10-22(27)28(30(23)38)18-5-2-1-3-6-18/h4,7-12,15-18,36-37H,1-3,5-6,13-14H2,(H,39,40). The van der Waals surface area contributed by atoms with E-state index in [9.17, 15) is 23.1 Å². The van der Waals surface area contributed by atoms with Gasteiger partial charge in [0.2, 0.25) is 0 Å². The lowest BCUT2D eigenvalue weighted by Crippen LogP contribution is -2.17. The van der Waals surface area contributed by atoms with Gasteiger partial charge in [-0.25, -0.2) is 4.79 Å². The van der Waals surface area contributed by atoms with Gasteiger partial charge in [0.25, 0.3) is 0 Å². The zero-order valence-electron chi connectivity index (χ0n) is 22.1. The van der Waals surface area contributed by atoms with Crippen molar-refractivity contribution in [3.05, 3.63) is 71.8 Å². The number of nitrogens with one attached hydrogen (secondary N) is 2. The maximum Gasteiger partial charge on any atom is 0.573 e. The molecule has 3 aromatic carbocycles. The lowest BCUT2D eigenvalue weighted by atomic mass is 9.81. The van der Waals surface area contributed by atoms with Crippen molar-refractivity contribution in [1.82, 2.24) is 9.55 Å². The van der Waals surface area contributed by atoms with Crippen LogP contribution in [0.15, 0.2) is 60.7 Å². The Balaban J connectivity index is 1.41. The molecule has 41 heavy (non-hydrogen) atoms. The number of ether oxygens (including phenoxy) is 1. The highest BCUT2D eigenvalue weighted by Crippen LogP contribution is 2.48. The van der Waals surface area contributed by atoms with Gasteiger partial charge in [-0.3, -0.25) is 0 Å². The van der Waals surface area contributed by atoms with Crippen molar-refractivity contribution < 1.29 is 27.8 Å². The SMILES string of the molecule is O=C(O)c1ccc2c(C3CCCCC3)c3n(c2c1)CCNc1c-3ccc2[nH]c(-c3cccc(OC(F)(F)F)c3)cc12. The van der Waals surface area contributed by atoms with E-state index in [0.717, 1.165) is 51.6 Å². The molecular formula is C32H28F3N3O3. The van der Waals surface area contributed by atoms with Crippen molar-refractivity contribution in [1.29, 1.82) is 0 Å². The first-order valence-corrected chi connectivity index (χ1v) is 13.9. The van der Waals surface area contributed by atoms with Gasteiger partial charge in [0.15, 0.2) is 0 Å². The summed E-state index contributed by atoms with van der Waals surface area (Å²) in [5.41, 5.74) is 7.76. The van der Waals surface area contributed by atoms with Crippen LogP contribution in [0.3, 0.4) is 0 Å². The van der Waals surface area contributed by atoms with Crippen LogP contribution in [0.4, 0.5) is 18.9 Å². The molecular weight excluding hydrogens is 531 g/mol. The minimum atomic E-state index is -4.76. The van der Waals surface area contributed by atoms with E-state index in [0.29, 0.717) is 30.3 Å². The third-order valence-electron chi connectivity index (χ3n) is 8.44. The number of hydrogen-bond donors (Lipinski definition) is 3. The molecule has 6 nitrogen and oxygen atoms in total. The van der Waals surface area contributed by atoms with E-state index in [2.05, 4.69) is 25.7 Å². The van der Waals surface area contributed by atoms with Gasteiger partial charge in [0.05, 0.1) is 16.9 Å². The van der Waals surface area contributed by atoms with E-state index in [4.69, 9.17) is 0 Å². The molecule has 1 saturated carbocycles. The summed E-state index contributed by atoms with van der Waals surface area (Å²) in [5.74, 6) is -0.828. The molecule has 0 radical (unpaired) electrons. The summed E-state index contributed by atoms with van der Waals surface area (Å²) in [6, 6.07) is 17.5. The fourth-order valence-corrected chi connectivity index (χ4v) is 6.74. The number of carbonyl (C=O) groups is 1. The third-order valence-corrected chi connectivity index (χ3v) is 8.44. The number of fused-ring (bicyclic) bond motifs is 7.